The summed E-state index contributed by atoms with van der Waals surface area (Å²) >= 11 is 0. The first-order valence-electron chi connectivity index (χ1n) is 9.14. The van der Waals surface area contributed by atoms with Gasteiger partial charge in [-0.25, -0.2) is 4.79 Å². The van der Waals surface area contributed by atoms with Gasteiger partial charge in [-0.05, 0) is 50.6 Å². The second kappa shape index (κ2) is 8.04. The maximum absolute atomic E-state index is 12.5. The number of fused-ring (bicyclic) bond motifs is 1. The SMILES string of the molecule is CCN(CC)c1ccc2cc(/C=C(\C)C(=O)c3ccccc3)c(=O)oc2c1. The lowest BCUT2D eigenvalue weighted by Gasteiger charge is -2.20. The zero-order valence-electron chi connectivity index (χ0n) is 15.9. The number of hydrogen-bond donors (Lipinski definition) is 0. The van der Waals surface area contributed by atoms with Crippen LogP contribution >= 0.6 is 0 Å². The minimum absolute atomic E-state index is 0.105. The van der Waals surface area contributed by atoms with Gasteiger partial charge in [-0.1, -0.05) is 30.3 Å². The third kappa shape index (κ3) is 4.00. The van der Waals surface area contributed by atoms with E-state index < -0.39 is 5.63 Å². The highest BCUT2D eigenvalue weighted by atomic mass is 16.4. The largest absolute Gasteiger partial charge is 0.422 e. The van der Waals surface area contributed by atoms with E-state index in [9.17, 15) is 9.59 Å². The average Bonchev–Trinajstić information content (AvgIpc) is 2.69. The number of anilines is 1. The summed E-state index contributed by atoms with van der Waals surface area (Å²) in [6.07, 6.45) is 1.60. The van der Waals surface area contributed by atoms with Crippen molar-refractivity contribution in [3.8, 4) is 0 Å². The normalized spacial score (nSPS) is 11.6. The van der Waals surface area contributed by atoms with Crippen LogP contribution in [0.1, 0.15) is 36.7 Å². The molecule has 0 unspecified atom stereocenters. The second-order valence-corrected chi connectivity index (χ2v) is 6.41. The van der Waals surface area contributed by atoms with Gasteiger partial charge in [-0.3, -0.25) is 4.79 Å². The molecule has 138 valence electrons. The molecule has 1 aromatic heterocycles. The average molecular weight is 361 g/mol. The molecular formula is C23H23NO3. The van der Waals surface area contributed by atoms with Crippen molar-refractivity contribution in [2.75, 3.05) is 18.0 Å². The molecular weight excluding hydrogens is 338 g/mol. The van der Waals surface area contributed by atoms with Crippen LogP contribution in [0.5, 0.6) is 0 Å². The predicted molar refractivity (Wildman–Crippen MR) is 110 cm³/mol. The predicted octanol–water partition coefficient (Wildman–Crippen LogP) is 4.93. The van der Waals surface area contributed by atoms with Crippen LogP contribution in [0.4, 0.5) is 5.69 Å². The van der Waals surface area contributed by atoms with Gasteiger partial charge in [0.15, 0.2) is 5.78 Å². The van der Waals surface area contributed by atoms with Gasteiger partial charge in [-0.2, -0.15) is 0 Å². The molecule has 4 nitrogen and oxygen atoms in total. The Morgan fingerprint density at radius 1 is 1.04 bits per heavy atom. The van der Waals surface area contributed by atoms with Gasteiger partial charge in [-0.15, -0.1) is 0 Å². The number of hydrogen-bond acceptors (Lipinski definition) is 4. The van der Waals surface area contributed by atoms with Gasteiger partial charge in [0.25, 0.3) is 0 Å². The first-order valence-corrected chi connectivity index (χ1v) is 9.14. The zero-order chi connectivity index (χ0) is 19.4. The molecule has 27 heavy (non-hydrogen) atoms. The Balaban J connectivity index is 1.98. The quantitative estimate of drug-likeness (QED) is 0.355. The summed E-state index contributed by atoms with van der Waals surface area (Å²) in [5.41, 5.74) is 2.59. The standard InChI is InChI=1S/C23H23NO3/c1-4-24(5-2)20-12-11-18-14-19(23(26)27-21(18)15-20)13-16(3)22(25)17-9-7-6-8-10-17/h6-15H,4-5H2,1-3H3/b16-13+. The molecule has 2 aromatic carbocycles. The van der Waals surface area contributed by atoms with Crippen molar-refractivity contribution < 1.29 is 9.21 Å². The van der Waals surface area contributed by atoms with E-state index in [1.807, 2.05) is 36.4 Å². The number of Topliss-reactive ketones (excluding diaryl/α,β-unsaturated/α-hetero) is 1. The minimum Gasteiger partial charge on any atom is -0.422 e. The topological polar surface area (TPSA) is 50.5 Å². The molecule has 3 aromatic rings. The van der Waals surface area contributed by atoms with Crippen molar-refractivity contribution in [2.24, 2.45) is 0 Å². The summed E-state index contributed by atoms with van der Waals surface area (Å²) in [5.74, 6) is -0.105. The molecule has 0 aliphatic carbocycles. The molecule has 0 atom stereocenters. The van der Waals surface area contributed by atoms with Crippen LogP contribution in [0.3, 0.4) is 0 Å². The van der Waals surface area contributed by atoms with Crippen molar-refractivity contribution in [2.45, 2.75) is 20.8 Å². The maximum atomic E-state index is 12.5. The summed E-state index contributed by atoms with van der Waals surface area (Å²) in [6, 6.07) is 16.6. The van der Waals surface area contributed by atoms with E-state index in [0.29, 0.717) is 22.3 Å². The summed E-state index contributed by atoms with van der Waals surface area (Å²) in [4.78, 5) is 27.1. The Morgan fingerprint density at radius 2 is 1.74 bits per heavy atom. The van der Waals surface area contributed by atoms with Gasteiger partial charge >= 0.3 is 5.63 Å². The van der Waals surface area contributed by atoms with E-state index in [0.717, 1.165) is 24.2 Å². The van der Waals surface area contributed by atoms with Crippen molar-refractivity contribution in [3.63, 3.8) is 0 Å². The van der Waals surface area contributed by atoms with Crippen LogP contribution in [0.25, 0.3) is 17.0 Å². The molecule has 0 N–H and O–H groups in total. The number of ketones is 1. The Labute approximate surface area is 158 Å². The number of benzene rings is 2. The highest BCUT2D eigenvalue weighted by Crippen LogP contribution is 2.22. The molecule has 4 heteroatoms. The highest BCUT2D eigenvalue weighted by molar-refractivity contribution is 6.10. The highest BCUT2D eigenvalue weighted by Gasteiger charge is 2.11. The smallest absolute Gasteiger partial charge is 0.343 e. The zero-order valence-corrected chi connectivity index (χ0v) is 15.9. The fourth-order valence-electron chi connectivity index (χ4n) is 3.12. The van der Waals surface area contributed by atoms with E-state index in [2.05, 4.69) is 18.7 Å². The van der Waals surface area contributed by atoms with Gasteiger partial charge in [0.05, 0.1) is 5.56 Å². The Bertz CT molecular complexity index is 1040. The minimum atomic E-state index is -0.445. The van der Waals surface area contributed by atoms with Gasteiger partial charge in [0.2, 0.25) is 0 Å². The van der Waals surface area contributed by atoms with Crippen LogP contribution in [0, 0.1) is 0 Å². The van der Waals surface area contributed by atoms with E-state index in [1.54, 1.807) is 31.2 Å². The third-order valence-corrected chi connectivity index (χ3v) is 4.64. The molecule has 0 aliphatic heterocycles. The number of carbonyl (C=O) groups excluding carboxylic acids is 1. The first kappa shape index (κ1) is 18.6. The van der Waals surface area contributed by atoms with Crippen LogP contribution in [-0.2, 0) is 0 Å². The molecule has 0 spiro atoms. The summed E-state index contributed by atoms with van der Waals surface area (Å²) in [6.45, 7) is 7.65. The Kier molecular flexibility index (Phi) is 5.55. The Hall–Kier alpha value is -3.14. The molecule has 1 heterocycles. The first-order chi connectivity index (χ1) is 13.0. The van der Waals surface area contributed by atoms with Crippen LogP contribution < -0.4 is 10.5 Å². The van der Waals surface area contributed by atoms with E-state index >= 15 is 0 Å². The number of carbonyl (C=O) groups is 1. The molecule has 0 aliphatic rings. The summed E-state index contributed by atoms with van der Waals surface area (Å²) in [7, 11) is 0. The van der Waals surface area contributed by atoms with Crippen LogP contribution in [0.15, 0.2) is 69.4 Å². The van der Waals surface area contributed by atoms with Crippen LogP contribution in [-0.4, -0.2) is 18.9 Å². The monoisotopic (exact) mass is 361 g/mol. The van der Waals surface area contributed by atoms with Crippen LogP contribution in [0.2, 0.25) is 0 Å². The Morgan fingerprint density at radius 3 is 2.41 bits per heavy atom. The molecule has 0 saturated heterocycles. The molecule has 0 amide bonds. The lowest BCUT2D eigenvalue weighted by molar-refractivity contribution is 0.103. The lowest BCUT2D eigenvalue weighted by atomic mass is 10.0. The molecule has 0 bridgehead atoms. The summed E-state index contributed by atoms with van der Waals surface area (Å²) < 4.78 is 5.52. The van der Waals surface area contributed by atoms with Gasteiger partial charge in [0.1, 0.15) is 5.58 Å². The molecule has 0 fully saturated rings. The molecule has 0 radical (unpaired) electrons. The van der Waals surface area contributed by atoms with Crippen molar-refractivity contribution in [1.29, 1.82) is 0 Å². The van der Waals surface area contributed by atoms with Gasteiger partial charge in [0, 0.05) is 35.8 Å². The van der Waals surface area contributed by atoms with E-state index in [4.69, 9.17) is 4.42 Å². The lowest BCUT2D eigenvalue weighted by Crippen LogP contribution is -2.21. The van der Waals surface area contributed by atoms with E-state index in [1.165, 1.54) is 0 Å². The molecule has 0 saturated carbocycles. The van der Waals surface area contributed by atoms with E-state index in [-0.39, 0.29) is 5.78 Å². The summed E-state index contributed by atoms with van der Waals surface area (Å²) in [5, 5.41) is 0.830. The number of rotatable bonds is 6. The third-order valence-electron chi connectivity index (χ3n) is 4.64. The fraction of sp³-hybridized carbons (Fsp3) is 0.217. The molecule has 3 rings (SSSR count). The number of nitrogens with zero attached hydrogens (tertiary/aromatic N) is 1. The van der Waals surface area contributed by atoms with Gasteiger partial charge < -0.3 is 9.32 Å². The number of allylic oxidation sites excluding steroid dienone is 1. The van der Waals surface area contributed by atoms with Crippen molar-refractivity contribution in [3.05, 3.63) is 81.7 Å². The fourth-order valence-corrected chi connectivity index (χ4v) is 3.12. The second-order valence-electron chi connectivity index (χ2n) is 6.41. The van der Waals surface area contributed by atoms with Crippen molar-refractivity contribution >= 4 is 28.5 Å². The van der Waals surface area contributed by atoms with Crippen molar-refractivity contribution in [1.82, 2.24) is 0 Å². The maximum Gasteiger partial charge on any atom is 0.343 e.